The highest BCUT2D eigenvalue weighted by Crippen LogP contribution is 2.31. The van der Waals surface area contributed by atoms with Crippen molar-refractivity contribution in [3.05, 3.63) is 42.5 Å². The van der Waals surface area contributed by atoms with E-state index in [1.165, 1.54) is 0 Å². The van der Waals surface area contributed by atoms with Crippen molar-refractivity contribution >= 4 is 27.9 Å². The van der Waals surface area contributed by atoms with E-state index in [9.17, 15) is 4.79 Å². The largest absolute Gasteiger partial charge is 0.479 e. The van der Waals surface area contributed by atoms with Crippen LogP contribution >= 0.6 is 0 Å². The molecular formula is C17H16O4. The van der Waals surface area contributed by atoms with Crippen LogP contribution in [0.5, 0.6) is 5.75 Å². The lowest BCUT2D eigenvalue weighted by Gasteiger charge is -2.13. The fraction of sp³-hybridized carbons (Fsp3) is 0.235. The molecule has 4 nitrogen and oxygen atoms in total. The predicted octanol–water partition coefficient (Wildman–Crippen LogP) is 3.92. The molecule has 108 valence electrons. The van der Waals surface area contributed by atoms with Crippen LogP contribution in [0.25, 0.3) is 21.9 Å². The van der Waals surface area contributed by atoms with Gasteiger partial charge in [0.1, 0.15) is 16.9 Å². The van der Waals surface area contributed by atoms with Gasteiger partial charge in [-0.15, -0.1) is 0 Å². The molecule has 1 atom stereocenters. The number of carbonyl (C=O) groups is 1. The van der Waals surface area contributed by atoms with Crippen LogP contribution in [0.2, 0.25) is 0 Å². The lowest BCUT2D eigenvalue weighted by Crippen LogP contribution is -2.25. The van der Waals surface area contributed by atoms with Gasteiger partial charge in [-0.3, -0.25) is 0 Å². The van der Waals surface area contributed by atoms with Crippen LogP contribution in [0.1, 0.15) is 13.8 Å². The molecule has 0 spiro atoms. The average molecular weight is 284 g/mol. The van der Waals surface area contributed by atoms with E-state index in [0.29, 0.717) is 12.4 Å². The summed E-state index contributed by atoms with van der Waals surface area (Å²) in [6.45, 7) is 3.79. The zero-order valence-corrected chi connectivity index (χ0v) is 12.0. The highest BCUT2D eigenvalue weighted by atomic mass is 16.6. The molecule has 3 aromatic rings. The second-order valence-corrected chi connectivity index (χ2v) is 4.77. The first-order valence-corrected chi connectivity index (χ1v) is 6.93. The van der Waals surface area contributed by atoms with Crippen molar-refractivity contribution < 1.29 is 18.7 Å². The molecule has 21 heavy (non-hydrogen) atoms. The summed E-state index contributed by atoms with van der Waals surface area (Å²) in [5, 5.41) is 2.00. The average Bonchev–Trinajstić information content (AvgIpc) is 2.85. The summed E-state index contributed by atoms with van der Waals surface area (Å²) in [7, 11) is 0. The lowest BCUT2D eigenvalue weighted by atomic mass is 10.1. The summed E-state index contributed by atoms with van der Waals surface area (Å²) in [6.07, 6.45) is -0.638. The molecule has 0 aliphatic heterocycles. The molecule has 0 radical (unpaired) electrons. The molecule has 0 bridgehead atoms. The number of furan rings is 1. The molecule has 0 N–H and O–H groups in total. The van der Waals surface area contributed by atoms with Gasteiger partial charge in [0.2, 0.25) is 0 Å². The molecule has 1 aromatic heterocycles. The molecule has 0 saturated heterocycles. The molecule has 0 saturated carbocycles. The molecule has 0 aliphatic carbocycles. The molecule has 2 aromatic carbocycles. The van der Waals surface area contributed by atoms with Crippen LogP contribution in [-0.4, -0.2) is 18.7 Å². The van der Waals surface area contributed by atoms with Gasteiger partial charge in [-0.05, 0) is 38.1 Å². The normalized spacial score (nSPS) is 12.5. The number of hydrogen-bond acceptors (Lipinski definition) is 4. The van der Waals surface area contributed by atoms with Gasteiger partial charge in [-0.25, -0.2) is 4.79 Å². The van der Waals surface area contributed by atoms with Crippen LogP contribution in [0.4, 0.5) is 0 Å². The van der Waals surface area contributed by atoms with Crippen LogP contribution in [-0.2, 0) is 9.53 Å². The van der Waals surface area contributed by atoms with E-state index in [4.69, 9.17) is 13.9 Å². The van der Waals surface area contributed by atoms with Gasteiger partial charge >= 0.3 is 5.97 Å². The number of rotatable bonds is 4. The first-order valence-electron chi connectivity index (χ1n) is 6.93. The zero-order valence-electron chi connectivity index (χ0n) is 12.0. The van der Waals surface area contributed by atoms with Crippen LogP contribution in [0.15, 0.2) is 46.9 Å². The van der Waals surface area contributed by atoms with Gasteiger partial charge in [0, 0.05) is 10.8 Å². The van der Waals surface area contributed by atoms with Crippen molar-refractivity contribution in [3.63, 3.8) is 0 Å². The van der Waals surface area contributed by atoms with E-state index in [1.807, 2.05) is 36.4 Å². The van der Waals surface area contributed by atoms with E-state index in [1.54, 1.807) is 19.9 Å². The summed E-state index contributed by atoms with van der Waals surface area (Å²) >= 11 is 0. The smallest absolute Gasteiger partial charge is 0.347 e. The number of carbonyl (C=O) groups excluding carboxylic acids is 1. The second-order valence-electron chi connectivity index (χ2n) is 4.77. The Morgan fingerprint density at radius 2 is 1.90 bits per heavy atom. The minimum atomic E-state index is -0.638. The van der Waals surface area contributed by atoms with Gasteiger partial charge in [0.15, 0.2) is 6.10 Å². The number of ether oxygens (including phenoxy) is 2. The van der Waals surface area contributed by atoms with E-state index in [0.717, 1.165) is 21.9 Å². The lowest BCUT2D eigenvalue weighted by molar-refractivity contribution is -0.150. The SMILES string of the molecule is CCOC(=O)C(C)Oc1ccc2oc3ccccc3c2c1. The van der Waals surface area contributed by atoms with E-state index in [-0.39, 0.29) is 5.97 Å². The molecule has 1 unspecified atom stereocenters. The third-order valence-electron chi connectivity index (χ3n) is 3.28. The molecule has 4 heteroatoms. The number of fused-ring (bicyclic) bond motifs is 3. The Bertz CT molecular complexity index is 788. The second kappa shape index (κ2) is 5.48. The van der Waals surface area contributed by atoms with Crippen molar-refractivity contribution in [1.29, 1.82) is 0 Å². The van der Waals surface area contributed by atoms with Gasteiger partial charge < -0.3 is 13.9 Å². The molecule has 0 aliphatic rings. The third-order valence-corrected chi connectivity index (χ3v) is 3.28. The number of hydrogen-bond donors (Lipinski definition) is 0. The minimum Gasteiger partial charge on any atom is -0.479 e. The Kier molecular flexibility index (Phi) is 3.52. The Morgan fingerprint density at radius 3 is 2.71 bits per heavy atom. The van der Waals surface area contributed by atoms with E-state index >= 15 is 0 Å². The van der Waals surface area contributed by atoms with Crippen LogP contribution < -0.4 is 4.74 Å². The molecule has 0 fully saturated rings. The fourth-order valence-electron chi connectivity index (χ4n) is 2.29. The summed E-state index contributed by atoms with van der Waals surface area (Å²) in [5.74, 6) is 0.254. The monoisotopic (exact) mass is 284 g/mol. The van der Waals surface area contributed by atoms with Crippen molar-refractivity contribution in [2.24, 2.45) is 0 Å². The van der Waals surface area contributed by atoms with Gasteiger partial charge in [-0.1, -0.05) is 18.2 Å². The van der Waals surface area contributed by atoms with Crippen molar-refractivity contribution in [2.45, 2.75) is 20.0 Å². The van der Waals surface area contributed by atoms with Crippen molar-refractivity contribution in [3.8, 4) is 5.75 Å². The van der Waals surface area contributed by atoms with E-state index < -0.39 is 6.10 Å². The molecule has 1 heterocycles. The minimum absolute atomic E-state index is 0.345. The van der Waals surface area contributed by atoms with Gasteiger partial charge in [-0.2, -0.15) is 0 Å². The van der Waals surface area contributed by atoms with Crippen molar-refractivity contribution in [2.75, 3.05) is 6.61 Å². The maximum absolute atomic E-state index is 11.6. The number of para-hydroxylation sites is 1. The molecule has 3 rings (SSSR count). The van der Waals surface area contributed by atoms with Crippen LogP contribution in [0, 0.1) is 0 Å². The van der Waals surface area contributed by atoms with E-state index in [2.05, 4.69) is 0 Å². The first kappa shape index (κ1) is 13.5. The first-order chi connectivity index (χ1) is 10.2. The summed E-state index contributed by atoms with van der Waals surface area (Å²) in [5.41, 5.74) is 1.63. The summed E-state index contributed by atoms with van der Waals surface area (Å²) < 4.78 is 16.3. The Labute approximate surface area is 122 Å². The summed E-state index contributed by atoms with van der Waals surface area (Å²) in [6, 6.07) is 13.4. The maximum Gasteiger partial charge on any atom is 0.347 e. The fourth-order valence-corrected chi connectivity index (χ4v) is 2.29. The predicted molar refractivity (Wildman–Crippen MR) is 80.4 cm³/mol. The van der Waals surface area contributed by atoms with Gasteiger partial charge in [0.05, 0.1) is 6.61 Å². The quantitative estimate of drug-likeness (QED) is 0.681. The Morgan fingerprint density at radius 1 is 1.14 bits per heavy atom. The standard InChI is InChI=1S/C17H16O4/c1-3-19-17(18)11(2)20-12-8-9-16-14(10-12)13-6-4-5-7-15(13)21-16/h4-11H,3H2,1-2H3. The molecular weight excluding hydrogens is 268 g/mol. The maximum atomic E-state index is 11.6. The topological polar surface area (TPSA) is 48.7 Å². The third kappa shape index (κ3) is 2.57. The number of esters is 1. The van der Waals surface area contributed by atoms with Crippen LogP contribution in [0.3, 0.4) is 0 Å². The highest BCUT2D eigenvalue weighted by Gasteiger charge is 2.16. The molecule has 0 amide bonds. The van der Waals surface area contributed by atoms with Gasteiger partial charge in [0.25, 0.3) is 0 Å². The summed E-state index contributed by atoms with van der Waals surface area (Å²) in [4.78, 5) is 11.6. The van der Waals surface area contributed by atoms with Crippen molar-refractivity contribution in [1.82, 2.24) is 0 Å². The number of benzene rings is 2. The Balaban J connectivity index is 1.93. The highest BCUT2D eigenvalue weighted by molar-refractivity contribution is 6.05. The Hall–Kier alpha value is -2.49. The zero-order chi connectivity index (χ0) is 14.8.